The van der Waals surface area contributed by atoms with Gasteiger partial charge in [0.2, 0.25) is 5.91 Å². The number of rotatable bonds is 6. The van der Waals surface area contributed by atoms with Crippen molar-refractivity contribution < 1.29 is 4.79 Å². The largest absolute Gasteiger partial charge is 0.352 e. The smallest absolute Gasteiger partial charge is 0.238 e. The van der Waals surface area contributed by atoms with E-state index in [0.717, 1.165) is 13.0 Å². The van der Waals surface area contributed by atoms with Crippen molar-refractivity contribution in [3.8, 4) is 12.3 Å². The molecule has 2 atom stereocenters. The fourth-order valence-electron chi connectivity index (χ4n) is 1.09. The Bertz CT molecular complexity index is 232. The third kappa shape index (κ3) is 6.95. The fourth-order valence-corrected chi connectivity index (χ4v) is 1.09. The molecule has 0 aromatic rings. The minimum Gasteiger partial charge on any atom is -0.352 e. The molecule has 0 aliphatic carbocycles. The molecule has 0 fully saturated rings. The van der Waals surface area contributed by atoms with Gasteiger partial charge in [-0.2, -0.15) is 0 Å². The minimum atomic E-state index is -0.586. The first-order valence-corrected chi connectivity index (χ1v) is 5.11. The van der Waals surface area contributed by atoms with Gasteiger partial charge in [0.1, 0.15) is 0 Å². The van der Waals surface area contributed by atoms with Crippen molar-refractivity contribution in [3.63, 3.8) is 0 Å². The molecule has 0 aliphatic rings. The Kier molecular flexibility index (Phi) is 6.76. The van der Waals surface area contributed by atoms with Crippen molar-refractivity contribution in [2.24, 2.45) is 5.73 Å². The van der Waals surface area contributed by atoms with Crippen molar-refractivity contribution in [1.82, 2.24) is 10.2 Å². The second-order valence-electron chi connectivity index (χ2n) is 4.02. The summed E-state index contributed by atoms with van der Waals surface area (Å²) >= 11 is 0. The van der Waals surface area contributed by atoms with Crippen molar-refractivity contribution in [2.75, 3.05) is 20.6 Å². The minimum absolute atomic E-state index is 0.128. The van der Waals surface area contributed by atoms with Crippen LogP contribution in [0.3, 0.4) is 0 Å². The molecule has 15 heavy (non-hydrogen) atoms. The summed E-state index contributed by atoms with van der Waals surface area (Å²) in [5.74, 6) is 2.21. The zero-order valence-electron chi connectivity index (χ0n) is 9.79. The molecule has 0 bridgehead atoms. The third-order valence-corrected chi connectivity index (χ3v) is 2.07. The maximum atomic E-state index is 11.4. The molecule has 0 saturated heterocycles. The number of amides is 1. The Labute approximate surface area is 92.2 Å². The monoisotopic (exact) mass is 211 g/mol. The van der Waals surface area contributed by atoms with Gasteiger partial charge >= 0.3 is 0 Å². The summed E-state index contributed by atoms with van der Waals surface area (Å²) in [6.45, 7) is 2.90. The van der Waals surface area contributed by atoms with Gasteiger partial charge in [-0.05, 0) is 34.0 Å². The molecule has 3 N–H and O–H groups in total. The maximum Gasteiger partial charge on any atom is 0.238 e. The van der Waals surface area contributed by atoms with Crippen molar-refractivity contribution >= 4 is 5.91 Å². The maximum absolute atomic E-state index is 11.4. The summed E-state index contributed by atoms with van der Waals surface area (Å²) in [4.78, 5) is 13.5. The molecule has 0 saturated carbocycles. The Morgan fingerprint density at radius 1 is 1.60 bits per heavy atom. The van der Waals surface area contributed by atoms with Crippen LogP contribution in [-0.4, -0.2) is 43.5 Å². The summed E-state index contributed by atoms with van der Waals surface area (Å²) in [5.41, 5.74) is 5.57. The van der Waals surface area contributed by atoms with E-state index in [9.17, 15) is 4.79 Å². The van der Waals surface area contributed by atoms with Crippen LogP contribution in [0.1, 0.15) is 19.8 Å². The second kappa shape index (κ2) is 7.27. The molecule has 0 spiro atoms. The molecule has 2 unspecified atom stereocenters. The Balaban J connectivity index is 3.81. The van der Waals surface area contributed by atoms with Gasteiger partial charge in [-0.1, -0.05) is 0 Å². The van der Waals surface area contributed by atoms with Crippen LogP contribution >= 0.6 is 0 Å². The van der Waals surface area contributed by atoms with E-state index in [1.807, 2.05) is 21.0 Å². The average molecular weight is 211 g/mol. The molecule has 0 radical (unpaired) electrons. The lowest BCUT2D eigenvalue weighted by Crippen LogP contribution is -2.44. The Morgan fingerprint density at radius 3 is 2.67 bits per heavy atom. The number of hydrogen-bond acceptors (Lipinski definition) is 3. The van der Waals surface area contributed by atoms with Gasteiger partial charge in [0, 0.05) is 12.5 Å². The van der Waals surface area contributed by atoms with Crippen molar-refractivity contribution in [2.45, 2.75) is 31.8 Å². The second-order valence-corrected chi connectivity index (χ2v) is 4.02. The van der Waals surface area contributed by atoms with Crippen LogP contribution in [-0.2, 0) is 4.79 Å². The summed E-state index contributed by atoms with van der Waals surface area (Å²) in [6.07, 6.45) is 6.27. The van der Waals surface area contributed by atoms with E-state index in [0.29, 0.717) is 0 Å². The zero-order valence-corrected chi connectivity index (χ0v) is 9.79. The summed E-state index contributed by atoms with van der Waals surface area (Å²) in [5, 5.41) is 2.83. The molecule has 0 aliphatic heterocycles. The topological polar surface area (TPSA) is 58.4 Å². The van der Waals surface area contributed by atoms with E-state index in [1.165, 1.54) is 0 Å². The highest BCUT2D eigenvalue weighted by Crippen LogP contribution is 1.94. The van der Waals surface area contributed by atoms with Crippen LogP contribution in [0.5, 0.6) is 0 Å². The van der Waals surface area contributed by atoms with Crippen LogP contribution in [0.2, 0.25) is 0 Å². The van der Waals surface area contributed by atoms with Gasteiger partial charge < -0.3 is 16.0 Å². The number of nitrogens with one attached hydrogen (secondary N) is 1. The zero-order chi connectivity index (χ0) is 11.8. The molecule has 0 aromatic heterocycles. The standard InChI is InChI=1S/C11H21N3O/c1-5-6-10(12)11(15)13-9(2)7-8-14(3)4/h1,9-10H,6-8,12H2,2-4H3,(H,13,15). The van der Waals surface area contributed by atoms with E-state index in [4.69, 9.17) is 12.2 Å². The lowest BCUT2D eigenvalue weighted by molar-refractivity contribution is -0.122. The van der Waals surface area contributed by atoms with E-state index >= 15 is 0 Å². The fraction of sp³-hybridized carbons (Fsp3) is 0.727. The van der Waals surface area contributed by atoms with Gasteiger partial charge in [0.15, 0.2) is 0 Å². The van der Waals surface area contributed by atoms with Crippen LogP contribution in [0.25, 0.3) is 0 Å². The number of carbonyl (C=O) groups excluding carboxylic acids is 1. The molecular weight excluding hydrogens is 190 g/mol. The van der Waals surface area contributed by atoms with Crippen molar-refractivity contribution in [3.05, 3.63) is 0 Å². The van der Waals surface area contributed by atoms with Crippen LogP contribution < -0.4 is 11.1 Å². The molecule has 0 rings (SSSR count). The van der Waals surface area contributed by atoms with Crippen LogP contribution in [0, 0.1) is 12.3 Å². The summed E-state index contributed by atoms with van der Waals surface area (Å²) in [7, 11) is 4.00. The van der Waals surface area contributed by atoms with Gasteiger partial charge in [0.05, 0.1) is 6.04 Å². The quantitative estimate of drug-likeness (QED) is 0.598. The van der Waals surface area contributed by atoms with Gasteiger partial charge in [-0.15, -0.1) is 12.3 Å². The van der Waals surface area contributed by atoms with Crippen LogP contribution in [0.4, 0.5) is 0 Å². The molecule has 4 nitrogen and oxygen atoms in total. The predicted octanol–water partition coefficient (Wildman–Crippen LogP) is -0.207. The normalized spacial score (nSPS) is 14.4. The highest BCUT2D eigenvalue weighted by Gasteiger charge is 2.14. The first kappa shape index (κ1) is 13.9. The van der Waals surface area contributed by atoms with Crippen LogP contribution in [0.15, 0.2) is 0 Å². The van der Waals surface area contributed by atoms with Gasteiger partial charge in [-0.25, -0.2) is 0 Å². The number of nitrogens with two attached hydrogens (primary N) is 1. The average Bonchev–Trinajstić information content (AvgIpc) is 2.15. The van der Waals surface area contributed by atoms with E-state index in [2.05, 4.69) is 16.1 Å². The summed E-state index contributed by atoms with van der Waals surface area (Å²) in [6, 6.07) is -0.458. The molecular formula is C11H21N3O. The molecule has 4 heteroatoms. The van der Waals surface area contributed by atoms with E-state index in [-0.39, 0.29) is 18.4 Å². The highest BCUT2D eigenvalue weighted by molar-refractivity contribution is 5.82. The van der Waals surface area contributed by atoms with Gasteiger partial charge in [0.25, 0.3) is 0 Å². The number of nitrogens with zero attached hydrogens (tertiary/aromatic N) is 1. The molecule has 1 amide bonds. The number of hydrogen-bond donors (Lipinski definition) is 2. The van der Waals surface area contributed by atoms with Crippen molar-refractivity contribution in [1.29, 1.82) is 0 Å². The van der Waals surface area contributed by atoms with Gasteiger partial charge in [-0.3, -0.25) is 4.79 Å². The molecule has 0 heterocycles. The summed E-state index contributed by atoms with van der Waals surface area (Å²) < 4.78 is 0. The SMILES string of the molecule is C#CCC(N)C(=O)NC(C)CCN(C)C. The lowest BCUT2D eigenvalue weighted by atomic mass is 10.1. The van der Waals surface area contributed by atoms with E-state index < -0.39 is 6.04 Å². The number of carbonyl (C=O) groups is 1. The Morgan fingerprint density at radius 2 is 2.20 bits per heavy atom. The lowest BCUT2D eigenvalue weighted by Gasteiger charge is -2.18. The first-order valence-electron chi connectivity index (χ1n) is 5.11. The first-order chi connectivity index (χ1) is 6.97. The third-order valence-electron chi connectivity index (χ3n) is 2.07. The molecule has 86 valence electrons. The van der Waals surface area contributed by atoms with E-state index in [1.54, 1.807) is 0 Å². The Hall–Kier alpha value is -1.05. The highest BCUT2D eigenvalue weighted by atomic mass is 16.2. The number of terminal acetylenes is 1. The predicted molar refractivity (Wildman–Crippen MR) is 62.2 cm³/mol. The molecule has 0 aromatic carbocycles.